The minimum Gasteiger partial charge on any atom is -0.393 e. The minimum absolute atomic E-state index is 0.0832. The standard InChI is InChI=1S/C28H45NO/c1-17-8-13-28(5)18(2)25-24(29(28)16-17)15-23-21-7-6-19-14-20(30)9-11-26(19,3)22(21)10-12-27(23,25)4/h6,17-18,20-25,30H,7-16H2,1-5H3. The van der Waals surface area contributed by atoms with Crippen LogP contribution in [0.25, 0.3) is 0 Å². The molecule has 0 bridgehead atoms. The zero-order valence-corrected chi connectivity index (χ0v) is 20.2. The number of rotatable bonds is 0. The highest BCUT2D eigenvalue weighted by Crippen LogP contribution is 2.71. The van der Waals surface area contributed by atoms with E-state index >= 15 is 0 Å². The highest BCUT2D eigenvalue weighted by Gasteiger charge is 2.68. The monoisotopic (exact) mass is 411 g/mol. The Balaban J connectivity index is 1.34. The van der Waals surface area contributed by atoms with Crippen LogP contribution in [0.4, 0.5) is 0 Å². The molecule has 6 rings (SSSR count). The molecule has 30 heavy (non-hydrogen) atoms. The molecule has 2 aliphatic heterocycles. The van der Waals surface area contributed by atoms with Crippen molar-refractivity contribution >= 4 is 0 Å². The molecule has 6 aliphatic rings. The number of fused-ring (bicyclic) bond motifs is 9. The molecule has 0 radical (unpaired) electrons. The number of piperidine rings is 1. The van der Waals surface area contributed by atoms with Gasteiger partial charge < -0.3 is 5.11 Å². The van der Waals surface area contributed by atoms with Gasteiger partial charge in [0, 0.05) is 18.1 Å². The van der Waals surface area contributed by atoms with Crippen molar-refractivity contribution in [2.75, 3.05) is 6.54 Å². The third-order valence-corrected chi connectivity index (χ3v) is 12.4. The molecule has 0 spiro atoms. The molecule has 0 amide bonds. The van der Waals surface area contributed by atoms with E-state index in [2.05, 4.69) is 45.6 Å². The van der Waals surface area contributed by atoms with Gasteiger partial charge in [0.2, 0.25) is 0 Å². The van der Waals surface area contributed by atoms with Gasteiger partial charge in [-0.05, 0) is 111 Å². The topological polar surface area (TPSA) is 23.5 Å². The molecular weight excluding hydrogens is 366 g/mol. The summed E-state index contributed by atoms with van der Waals surface area (Å²) in [6.07, 6.45) is 14.2. The van der Waals surface area contributed by atoms with Gasteiger partial charge in [0.15, 0.2) is 0 Å². The number of aliphatic hydroxyl groups is 1. The smallest absolute Gasteiger partial charge is 0.0577 e. The van der Waals surface area contributed by atoms with Crippen molar-refractivity contribution in [1.29, 1.82) is 0 Å². The summed E-state index contributed by atoms with van der Waals surface area (Å²) in [4.78, 5) is 3.04. The van der Waals surface area contributed by atoms with Gasteiger partial charge in [-0.25, -0.2) is 0 Å². The normalized spacial score (nSPS) is 60.1. The average molecular weight is 412 g/mol. The molecule has 3 saturated carbocycles. The first kappa shape index (κ1) is 20.3. The summed E-state index contributed by atoms with van der Waals surface area (Å²) in [5.74, 6) is 5.29. The Bertz CT molecular complexity index is 760. The lowest BCUT2D eigenvalue weighted by Gasteiger charge is -2.58. The van der Waals surface area contributed by atoms with Crippen molar-refractivity contribution in [3.05, 3.63) is 11.6 Å². The lowest BCUT2D eigenvalue weighted by atomic mass is 9.46. The maximum absolute atomic E-state index is 10.3. The van der Waals surface area contributed by atoms with E-state index in [-0.39, 0.29) is 6.10 Å². The number of hydrogen-bond acceptors (Lipinski definition) is 2. The SMILES string of the molecule is CC1CCC2(C)C(C)C3C(CC4C5CC=C6CC(O)CCC6(C)C5CCC43C)N2C1. The molecule has 1 N–H and O–H groups in total. The van der Waals surface area contributed by atoms with E-state index in [0.717, 1.165) is 54.4 Å². The molecule has 2 heteroatoms. The van der Waals surface area contributed by atoms with Crippen LogP contribution in [-0.4, -0.2) is 34.2 Å². The van der Waals surface area contributed by atoms with Crippen LogP contribution in [0.1, 0.15) is 92.4 Å². The summed E-state index contributed by atoms with van der Waals surface area (Å²) in [5, 5.41) is 10.3. The van der Waals surface area contributed by atoms with Crippen molar-refractivity contribution < 1.29 is 5.11 Å². The van der Waals surface area contributed by atoms with Crippen LogP contribution in [0.3, 0.4) is 0 Å². The molecule has 2 heterocycles. The Morgan fingerprint density at radius 1 is 1.00 bits per heavy atom. The first-order valence-corrected chi connectivity index (χ1v) is 13.3. The second kappa shape index (κ2) is 6.37. The fourth-order valence-corrected chi connectivity index (χ4v) is 10.6. The summed E-state index contributed by atoms with van der Waals surface area (Å²) < 4.78 is 0. The molecule has 4 aliphatic carbocycles. The quantitative estimate of drug-likeness (QED) is 0.491. The molecule has 2 saturated heterocycles. The van der Waals surface area contributed by atoms with Crippen LogP contribution in [0.2, 0.25) is 0 Å². The van der Waals surface area contributed by atoms with Crippen molar-refractivity contribution in [3.63, 3.8) is 0 Å². The molecule has 168 valence electrons. The van der Waals surface area contributed by atoms with E-state index in [4.69, 9.17) is 0 Å². The van der Waals surface area contributed by atoms with E-state index in [0.29, 0.717) is 16.4 Å². The molecule has 5 fully saturated rings. The Morgan fingerprint density at radius 2 is 1.80 bits per heavy atom. The minimum atomic E-state index is -0.0832. The van der Waals surface area contributed by atoms with Crippen molar-refractivity contribution in [2.45, 2.75) is 110 Å². The summed E-state index contributed by atoms with van der Waals surface area (Å²) in [5.41, 5.74) is 3.00. The number of allylic oxidation sites excluding steroid dienone is 1. The third kappa shape index (κ3) is 2.39. The largest absolute Gasteiger partial charge is 0.393 e. The molecular formula is C28H45NO. The maximum Gasteiger partial charge on any atom is 0.0577 e. The molecule has 2 nitrogen and oxygen atoms in total. The Labute approximate surface area is 184 Å². The second-order valence-corrected chi connectivity index (χ2v) is 13.5. The summed E-state index contributed by atoms with van der Waals surface area (Å²) in [6.45, 7) is 14.4. The van der Waals surface area contributed by atoms with Gasteiger partial charge in [0.1, 0.15) is 0 Å². The van der Waals surface area contributed by atoms with E-state index in [1.807, 2.05) is 0 Å². The van der Waals surface area contributed by atoms with E-state index in [9.17, 15) is 5.11 Å². The first-order valence-electron chi connectivity index (χ1n) is 13.3. The number of aliphatic hydroxyl groups excluding tert-OH is 1. The maximum atomic E-state index is 10.3. The van der Waals surface area contributed by atoms with Crippen LogP contribution >= 0.6 is 0 Å². The van der Waals surface area contributed by atoms with Crippen LogP contribution in [0, 0.1) is 46.3 Å². The Morgan fingerprint density at radius 3 is 2.60 bits per heavy atom. The Hall–Kier alpha value is -0.340. The van der Waals surface area contributed by atoms with Crippen LogP contribution < -0.4 is 0 Å². The number of hydrogen-bond donors (Lipinski definition) is 1. The highest BCUT2D eigenvalue weighted by molar-refractivity contribution is 5.27. The summed E-state index contributed by atoms with van der Waals surface area (Å²) in [6, 6.07) is 0.841. The average Bonchev–Trinajstić information content (AvgIpc) is 3.13. The van der Waals surface area contributed by atoms with Crippen LogP contribution in [0.15, 0.2) is 11.6 Å². The van der Waals surface area contributed by atoms with Crippen LogP contribution in [0.5, 0.6) is 0 Å². The lowest BCUT2D eigenvalue weighted by Crippen LogP contribution is -2.54. The zero-order valence-electron chi connectivity index (χ0n) is 20.2. The first-order chi connectivity index (χ1) is 14.2. The molecule has 0 aromatic rings. The third-order valence-electron chi connectivity index (χ3n) is 12.4. The number of nitrogens with zero attached hydrogens (tertiary/aromatic N) is 1. The predicted molar refractivity (Wildman–Crippen MR) is 123 cm³/mol. The molecule has 11 unspecified atom stereocenters. The lowest BCUT2D eigenvalue weighted by molar-refractivity contribution is -0.0635. The van der Waals surface area contributed by atoms with Gasteiger partial charge in [-0.1, -0.05) is 39.3 Å². The van der Waals surface area contributed by atoms with Crippen molar-refractivity contribution in [1.82, 2.24) is 4.90 Å². The van der Waals surface area contributed by atoms with Gasteiger partial charge in [-0.15, -0.1) is 0 Å². The predicted octanol–water partition coefficient (Wildman–Crippen LogP) is 6.05. The van der Waals surface area contributed by atoms with Gasteiger partial charge in [-0.3, -0.25) is 4.90 Å². The summed E-state index contributed by atoms with van der Waals surface area (Å²) in [7, 11) is 0. The fraction of sp³-hybridized carbons (Fsp3) is 0.929. The van der Waals surface area contributed by atoms with E-state index in [1.165, 1.54) is 51.5 Å². The highest BCUT2D eigenvalue weighted by atomic mass is 16.3. The second-order valence-electron chi connectivity index (χ2n) is 13.5. The van der Waals surface area contributed by atoms with Gasteiger partial charge in [-0.2, -0.15) is 0 Å². The summed E-state index contributed by atoms with van der Waals surface area (Å²) >= 11 is 0. The molecule has 0 aromatic heterocycles. The Kier molecular flexibility index (Phi) is 4.31. The van der Waals surface area contributed by atoms with Gasteiger partial charge in [0.05, 0.1) is 6.10 Å². The van der Waals surface area contributed by atoms with Crippen LogP contribution in [-0.2, 0) is 0 Å². The molecule has 11 atom stereocenters. The van der Waals surface area contributed by atoms with Gasteiger partial charge in [0.25, 0.3) is 0 Å². The van der Waals surface area contributed by atoms with Crippen molar-refractivity contribution in [2.24, 2.45) is 46.3 Å². The molecule has 0 aromatic carbocycles. The van der Waals surface area contributed by atoms with E-state index in [1.54, 1.807) is 5.57 Å². The van der Waals surface area contributed by atoms with E-state index < -0.39 is 0 Å². The van der Waals surface area contributed by atoms with Gasteiger partial charge >= 0.3 is 0 Å². The zero-order chi connectivity index (χ0) is 21.1. The van der Waals surface area contributed by atoms with Crippen molar-refractivity contribution in [3.8, 4) is 0 Å². The fourth-order valence-electron chi connectivity index (χ4n) is 10.6.